The highest BCUT2D eigenvalue weighted by Crippen LogP contribution is 2.26. The number of nitrogens with one attached hydrogen (secondary N) is 1. The van der Waals surface area contributed by atoms with Gasteiger partial charge in [0, 0.05) is 6.54 Å². The summed E-state index contributed by atoms with van der Waals surface area (Å²) in [6.07, 6.45) is -0.267. The summed E-state index contributed by atoms with van der Waals surface area (Å²) in [4.78, 5) is 12.2. The van der Waals surface area contributed by atoms with E-state index >= 15 is 0 Å². The number of thioether (sulfide) groups is 1. The van der Waals surface area contributed by atoms with Gasteiger partial charge in [0.05, 0.1) is 5.75 Å². The lowest BCUT2D eigenvalue weighted by molar-refractivity contribution is -0.113. The summed E-state index contributed by atoms with van der Waals surface area (Å²) in [5.74, 6) is 1.59. The molecule has 10 heteroatoms. The Balaban J connectivity index is 1.65. The smallest absolute Gasteiger partial charge is 0.236 e. The normalized spacial score (nSPS) is 12.0. The molecule has 2 aromatic heterocycles. The Bertz CT molecular complexity index is 980. The number of benzene rings is 1. The number of ether oxygens (including phenoxy) is 1. The molecule has 0 saturated carbocycles. The first-order valence-corrected chi connectivity index (χ1v) is 11.1. The fourth-order valence-electron chi connectivity index (χ4n) is 2.90. The average molecular weight is 433 g/mol. The number of nitrogens with zero attached hydrogens (tertiary/aromatic N) is 5. The van der Waals surface area contributed by atoms with E-state index in [-0.39, 0.29) is 17.8 Å². The van der Waals surface area contributed by atoms with Gasteiger partial charge in [-0.2, -0.15) is 0 Å². The van der Waals surface area contributed by atoms with Crippen LogP contribution < -0.4 is 10.1 Å². The summed E-state index contributed by atoms with van der Waals surface area (Å²) in [6.45, 7) is 10.6. The van der Waals surface area contributed by atoms with Crippen molar-refractivity contribution < 1.29 is 9.53 Å². The lowest BCUT2D eigenvalue weighted by Gasteiger charge is -2.16. The first kappa shape index (κ1) is 21.3. The van der Waals surface area contributed by atoms with Crippen LogP contribution in [-0.4, -0.2) is 36.6 Å². The molecule has 1 amide bonds. The Labute approximate surface area is 178 Å². The summed E-state index contributed by atoms with van der Waals surface area (Å²) < 4.78 is 8.07. The van der Waals surface area contributed by atoms with Crippen LogP contribution in [0.5, 0.6) is 5.75 Å². The average Bonchev–Trinajstić information content (AvgIpc) is 3.24. The van der Waals surface area contributed by atoms with Crippen LogP contribution in [0.25, 0.3) is 0 Å². The Morgan fingerprint density at radius 3 is 2.52 bits per heavy atom. The third kappa shape index (κ3) is 5.54. The van der Waals surface area contributed by atoms with Crippen molar-refractivity contribution in [3.05, 3.63) is 40.2 Å². The molecule has 3 rings (SSSR count). The fourth-order valence-corrected chi connectivity index (χ4v) is 4.31. The Kier molecular flexibility index (Phi) is 6.86. The predicted octanol–water partition coefficient (Wildman–Crippen LogP) is 3.95. The molecule has 0 saturated heterocycles. The number of rotatable bonds is 8. The van der Waals surface area contributed by atoms with Crippen molar-refractivity contribution in [2.45, 2.75) is 52.4 Å². The number of carbonyl (C=O) groups is 1. The third-order valence-corrected chi connectivity index (χ3v) is 5.76. The van der Waals surface area contributed by atoms with Gasteiger partial charge in [-0.15, -0.1) is 20.4 Å². The van der Waals surface area contributed by atoms with Crippen LogP contribution in [0.4, 0.5) is 5.13 Å². The maximum absolute atomic E-state index is 12.2. The fraction of sp³-hybridized carbons (Fsp3) is 0.421. The lowest BCUT2D eigenvalue weighted by atomic mass is 10.1. The first-order chi connectivity index (χ1) is 13.9. The molecule has 29 heavy (non-hydrogen) atoms. The highest BCUT2D eigenvalue weighted by molar-refractivity contribution is 7.99. The second kappa shape index (κ2) is 9.36. The molecule has 0 aliphatic rings. The lowest BCUT2D eigenvalue weighted by Crippen LogP contribution is -2.15. The molecule has 8 nitrogen and oxygen atoms in total. The van der Waals surface area contributed by atoms with Crippen LogP contribution in [0.2, 0.25) is 0 Å². The van der Waals surface area contributed by atoms with Gasteiger partial charge in [-0.1, -0.05) is 29.2 Å². The molecular formula is C19H24N6O2S2. The summed E-state index contributed by atoms with van der Waals surface area (Å²) in [6, 6.07) is 6.12. The molecule has 2 heterocycles. The van der Waals surface area contributed by atoms with Crippen LogP contribution >= 0.6 is 23.1 Å². The van der Waals surface area contributed by atoms with Gasteiger partial charge in [0.15, 0.2) is 17.1 Å². The van der Waals surface area contributed by atoms with Crippen molar-refractivity contribution in [2.75, 3.05) is 11.1 Å². The first-order valence-electron chi connectivity index (χ1n) is 9.26. The topological polar surface area (TPSA) is 94.8 Å². The minimum atomic E-state index is -0.267. The monoisotopic (exact) mass is 432 g/mol. The van der Waals surface area contributed by atoms with Crippen LogP contribution in [-0.2, 0) is 11.3 Å². The molecule has 1 aromatic carbocycles. The Morgan fingerprint density at radius 2 is 1.90 bits per heavy atom. The Morgan fingerprint density at radius 1 is 1.17 bits per heavy atom. The summed E-state index contributed by atoms with van der Waals surface area (Å²) >= 11 is 2.68. The molecule has 3 aromatic rings. The van der Waals surface area contributed by atoms with Gasteiger partial charge in [-0.3, -0.25) is 10.1 Å². The van der Waals surface area contributed by atoms with Crippen molar-refractivity contribution in [3.63, 3.8) is 0 Å². The molecule has 0 fully saturated rings. The molecule has 0 radical (unpaired) electrons. The number of aryl methyl sites for hydroxylation is 3. The standard InChI is InChI=1S/C19H24N6O2S2/c1-6-25-17(13(4)27-15-8-11(2)7-12(3)9-15)22-24-19(25)28-10-16(26)20-18-23-21-14(5)29-18/h7-9,13H,6,10H2,1-5H3,(H,20,23,26). The molecule has 0 aliphatic heterocycles. The molecule has 0 spiro atoms. The van der Waals surface area contributed by atoms with Crippen molar-refractivity contribution in [1.82, 2.24) is 25.0 Å². The van der Waals surface area contributed by atoms with Crippen LogP contribution in [0, 0.1) is 20.8 Å². The van der Waals surface area contributed by atoms with E-state index < -0.39 is 0 Å². The predicted molar refractivity (Wildman–Crippen MR) is 115 cm³/mol. The summed E-state index contributed by atoms with van der Waals surface area (Å²) in [5.41, 5.74) is 2.30. The minimum absolute atomic E-state index is 0.155. The zero-order valence-corrected chi connectivity index (χ0v) is 18.7. The van der Waals surface area contributed by atoms with E-state index in [9.17, 15) is 4.79 Å². The molecular weight excluding hydrogens is 408 g/mol. The van der Waals surface area contributed by atoms with Gasteiger partial charge < -0.3 is 9.30 Å². The SMILES string of the molecule is CCn1c(SCC(=O)Nc2nnc(C)s2)nnc1C(C)Oc1cc(C)cc(C)c1. The van der Waals surface area contributed by atoms with Crippen molar-refractivity contribution in [3.8, 4) is 5.75 Å². The minimum Gasteiger partial charge on any atom is -0.483 e. The quantitative estimate of drug-likeness (QED) is 0.539. The molecule has 1 N–H and O–H groups in total. The van der Waals surface area contributed by atoms with Crippen molar-refractivity contribution in [2.24, 2.45) is 0 Å². The van der Waals surface area contributed by atoms with E-state index in [1.54, 1.807) is 0 Å². The third-order valence-electron chi connectivity index (χ3n) is 4.04. The van der Waals surface area contributed by atoms with E-state index in [4.69, 9.17) is 4.74 Å². The van der Waals surface area contributed by atoms with E-state index in [0.29, 0.717) is 16.8 Å². The van der Waals surface area contributed by atoms with Gasteiger partial charge in [-0.25, -0.2) is 0 Å². The Hall–Kier alpha value is -2.46. The number of hydrogen-bond donors (Lipinski definition) is 1. The highest BCUT2D eigenvalue weighted by atomic mass is 32.2. The van der Waals surface area contributed by atoms with Crippen LogP contribution in [0.1, 0.15) is 41.9 Å². The summed E-state index contributed by atoms with van der Waals surface area (Å²) in [5, 5.41) is 21.1. The number of aromatic nitrogens is 5. The van der Waals surface area contributed by atoms with E-state index in [2.05, 4.69) is 31.8 Å². The van der Waals surface area contributed by atoms with Crippen LogP contribution in [0.15, 0.2) is 23.4 Å². The second-order valence-corrected chi connectivity index (χ2v) is 8.76. The van der Waals surface area contributed by atoms with Crippen molar-refractivity contribution >= 4 is 34.1 Å². The zero-order valence-electron chi connectivity index (χ0n) is 17.1. The van der Waals surface area contributed by atoms with Gasteiger partial charge in [0.1, 0.15) is 10.8 Å². The van der Waals surface area contributed by atoms with E-state index in [1.165, 1.54) is 23.1 Å². The van der Waals surface area contributed by atoms with Gasteiger partial charge >= 0.3 is 0 Å². The number of carbonyl (C=O) groups excluding carboxylic acids is 1. The van der Waals surface area contributed by atoms with Gasteiger partial charge in [0.25, 0.3) is 0 Å². The maximum atomic E-state index is 12.2. The molecule has 0 aliphatic carbocycles. The number of anilines is 1. The second-order valence-electron chi connectivity index (χ2n) is 6.63. The van der Waals surface area contributed by atoms with E-state index in [0.717, 1.165) is 27.7 Å². The maximum Gasteiger partial charge on any atom is 0.236 e. The number of hydrogen-bond acceptors (Lipinski definition) is 8. The number of amides is 1. The summed E-state index contributed by atoms with van der Waals surface area (Å²) in [7, 11) is 0. The van der Waals surface area contributed by atoms with Gasteiger partial charge in [0.2, 0.25) is 11.0 Å². The van der Waals surface area contributed by atoms with Crippen LogP contribution in [0.3, 0.4) is 0 Å². The largest absolute Gasteiger partial charge is 0.483 e. The molecule has 154 valence electrons. The van der Waals surface area contributed by atoms with Crippen molar-refractivity contribution in [1.29, 1.82) is 0 Å². The van der Waals surface area contributed by atoms with E-state index in [1.807, 2.05) is 51.3 Å². The zero-order chi connectivity index (χ0) is 21.0. The molecule has 1 atom stereocenters. The van der Waals surface area contributed by atoms with Gasteiger partial charge in [-0.05, 0) is 57.9 Å². The highest BCUT2D eigenvalue weighted by Gasteiger charge is 2.20. The molecule has 1 unspecified atom stereocenters. The molecule has 0 bridgehead atoms.